The van der Waals surface area contributed by atoms with E-state index in [1.165, 1.54) is 58.3 Å². The molecule has 1 unspecified atom stereocenters. The molecule has 0 aromatic rings. The van der Waals surface area contributed by atoms with Gasteiger partial charge in [-0.25, -0.2) is 0 Å². The number of hydrogen-bond donors (Lipinski definition) is 1. The largest absolute Gasteiger partial charge is 0.310 e. The van der Waals surface area contributed by atoms with Crippen LogP contribution in [0.5, 0.6) is 0 Å². The Bertz CT molecular complexity index is 235. The van der Waals surface area contributed by atoms with Gasteiger partial charge in [-0.15, -0.1) is 0 Å². The molecule has 0 amide bonds. The van der Waals surface area contributed by atoms with Crippen LogP contribution >= 0.6 is 0 Å². The molecular weight excluding hydrogens is 196 g/mol. The van der Waals surface area contributed by atoms with Crippen molar-refractivity contribution in [3.63, 3.8) is 0 Å². The van der Waals surface area contributed by atoms with Crippen molar-refractivity contribution in [1.82, 2.24) is 10.2 Å². The monoisotopic (exact) mass is 224 g/mol. The van der Waals surface area contributed by atoms with Gasteiger partial charge in [0, 0.05) is 18.6 Å². The maximum absolute atomic E-state index is 3.72. The molecule has 1 aliphatic heterocycles. The van der Waals surface area contributed by atoms with Crippen LogP contribution < -0.4 is 5.32 Å². The quantitative estimate of drug-likeness (QED) is 0.790. The molecule has 16 heavy (non-hydrogen) atoms. The highest BCUT2D eigenvalue weighted by molar-refractivity contribution is 4.97. The molecule has 0 bridgehead atoms. The van der Waals surface area contributed by atoms with Gasteiger partial charge in [0.25, 0.3) is 0 Å². The fraction of sp³-hybridized carbons (Fsp3) is 1.00. The van der Waals surface area contributed by atoms with E-state index < -0.39 is 0 Å². The van der Waals surface area contributed by atoms with Crippen molar-refractivity contribution < 1.29 is 0 Å². The first kappa shape index (κ1) is 12.4. The lowest BCUT2D eigenvalue weighted by atomic mass is 9.97. The molecule has 1 aliphatic carbocycles. The molecule has 1 saturated carbocycles. The smallest absolute Gasteiger partial charge is 0.0277 e. The van der Waals surface area contributed by atoms with E-state index in [-0.39, 0.29) is 0 Å². The van der Waals surface area contributed by atoms with Crippen molar-refractivity contribution >= 4 is 0 Å². The molecule has 2 nitrogen and oxygen atoms in total. The number of hydrogen-bond acceptors (Lipinski definition) is 2. The van der Waals surface area contributed by atoms with E-state index in [4.69, 9.17) is 0 Å². The molecule has 1 atom stereocenters. The Hall–Kier alpha value is -0.0800. The maximum atomic E-state index is 3.72. The van der Waals surface area contributed by atoms with Crippen LogP contribution in [-0.4, -0.2) is 36.6 Å². The zero-order valence-electron chi connectivity index (χ0n) is 11.3. The minimum atomic E-state index is 0.348. The first-order chi connectivity index (χ1) is 7.61. The van der Waals surface area contributed by atoms with Crippen LogP contribution in [0.2, 0.25) is 0 Å². The number of rotatable bonds is 4. The van der Waals surface area contributed by atoms with Gasteiger partial charge in [-0.2, -0.15) is 0 Å². The minimum absolute atomic E-state index is 0.348. The maximum Gasteiger partial charge on any atom is 0.0277 e. The van der Waals surface area contributed by atoms with Gasteiger partial charge in [-0.3, -0.25) is 0 Å². The predicted octanol–water partition coefficient (Wildman–Crippen LogP) is 2.64. The van der Waals surface area contributed by atoms with E-state index in [0.29, 0.717) is 11.0 Å². The van der Waals surface area contributed by atoms with Crippen LogP contribution in [0.15, 0.2) is 0 Å². The van der Waals surface area contributed by atoms with E-state index in [1.807, 2.05) is 0 Å². The third-order valence-electron chi connectivity index (χ3n) is 4.82. The second kappa shape index (κ2) is 4.66. The normalized spacial score (nSPS) is 34.7. The van der Waals surface area contributed by atoms with E-state index in [9.17, 15) is 0 Å². The lowest BCUT2D eigenvalue weighted by molar-refractivity contribution is 0.178. The highest BCUT2D eigenvalue weighted by atomic mass is 15.2. The van der Waals surface area contributed by atoms with Crippen molar-refractivity contribution in [1.29, 1.82) is 0 Å². The summed E-state index contributed by atoms with van der Waals surface area (Å²) in [6, 6.07) is 0. The van der Waals surface area contributed by atoms with Gasteiger partial charge in [0.15, 0.2) is 0 Å². The third kappa shape index (κ3) is 2.78. The SMILES string of the molecule is CCC1(CN2CCCNC(C)(CC)C2)CC1. The molecule has 0 aromatic heterocycles. The van der Waals surface area contributed by atoms with Crippen LogP contribution in [0, 0.1) is 5.41 Å². The molecule has 1 N–H and O–H groups in total. The summed E-state index contributed by atoms with van der Waals surface area (Å²) < 4.78 is 0. The zero-order chi connectivity index (χ0) is 11.6. The highest BCUT2D eigenvalue weighted by Gasteiger charge is 2.42. The van der Waals surface area contributed by atoms with Crippen molar-refractivity contribution in [3.8, 4) is 0 Å². The van der Waals surface area contributed by atoms with Crippen LogP contribution in [0.3, 0.4) is 0 Å². The standard InChI is InChI=1S/C14H28N2/c1-4-13(3)11-16(10-6-9-15-13)12-14(5-2)7-8-14/h15H,4-12H2,1-3H3. The summed E-state index contributed by atoms with van der Waals surface area (Å²) in [5, 5.41) is 3.72. The summed E-state index contributed by atoms with van der Waals surface area (Å²) in [6.07, 6.45) is 6.87. The van der Waals surface area contributed by atoms with Crippen molar-refractivity contribution in [2.75, 3.05) is 26.2 Å². The zero-order valence-corrected chi connectivity index (χ0v) is 11.3. The van der Waals surface area contributed by atoms with Crippen molar-refractivity contribution in [2.24, 2.45) is 5.41 Å². The van der Waals surface area contributed by atoms with Gasteiger partial charge >= 0.3 is 0 Å². The van der Waals surface area contributed by atoms with Crippen molar-refractivity contribution in [3.05, 3.63) is 0 Å². The van der Waals surface area contributed by atoms with Crippen LogP contribution in [0.25, 0.3) is 0 Å². The Morgan fingerprint density at radius 2 is 1.94 bits per heavy atom. The molecule has 2 aliphatic rings. The number of nitrogens with one attached hydrogen (secondary N) is 1. The predicted molar refractivity (Wildman–Crippen MR) is 69.7 cm³/mol. The number of nitrogens with zero attached hydrogens (tertiary/aromatic N) is 1. The Kier molecular flexibility index (Phi) is 3.60. The van der Waals surface area contributed by atoms with Gasteiger partial charge in [0.1, 0.15) is 0 Å². The molecular formula is C14H28N2. The summed E-state index contributed by atoms with van der Waals surface area (Å²) in [4.78, 5) is 2.72. The lowest BCUT2D eigenvalue weighted by Crippen LogP contribution is -2.49. The summed E-state index contributed by atoms with van der Waals surface area (Å²) >= 11 is 0. The van der Waals surface area contributed by atoms with Gasteiger partial charge in [-0.1, -0.05) is 13.8 Å². The van der Waals surface area contributed by atoms with Gasteiger partial charge < -0.3 is 10.2 Å². The fourth-order valence-electron chi connectivity index (χ4n) is 2.97. The topological polar surface area (TPSA) is 15.3 Å². The van der Waals surface area contributed by atoms with Crippen molar-refractivity contribution in [2.45, 2.75) is 58.4 Å². The molecule has 94 valence electrons. The summed E-state index contributed by atoms with van der Waals surface area (Å²) in [7, 11) is 0. The first-order valence-corrected chi connectivity index (χ1v) is 7.09. The summed E-state index contributed by atoms with van der Waals surface area (Å²) in [5.74, 6) is 0. The van der Waals surface area contributed by atoms with E-state index in [2.05, 4.69) is 31.0 Å². The Morgan fingerprint density at radius 1 is 1.19 bits per heavy atom. The van der Waals surface area contributed by atoms with Crippen LogP contribution in [-0.2, 0) is 0 Å². The Labute approximate surface area is 101 Å². The minimum Gasteiger partial charge on any atom is -0.310 e. The summed E-state index contributed by atoms with van der Waals surface area (Å²) in [6.45, 7) is 12.1. The third-order valence-corrected chi connectivity index (χ3v) is 4.82. The molecule has 0 radical (unpaired) electrons. The molecule has 2 rings (SSSR count). The molecule has 2 fully saturated rings. The van der Waals surface area contributed by atoms with Crippen LogP contribution in [0.4, 0.5) is 0 Å². The fourth-order valence-corrected chi connectivity index (χ4v) is 2.97. The Balaban J connectivity index is 1.93. The molecule has 2 heteroatoms. The average Bonchev–Trinajstić information content (AvgIpc) is 3.06. The van der Waals surface area contributed by atoms with Crippen LogP contribution in [0.1, 0.15) is 52.9 Å². The highest BCUT2D eigenvalue weighted by Crippen LogP contribution is 2.49. The van der Waals surface area contributed by atoms with E-state index >= 15 is 0 Å². The summed E-state index contributed by atoms with van der Waals surface area (Å²) in [5.41, 5.74) is 1.05. The molecule has 1 heterocycles. The first-order valence-electron chi connectivity index (χ1n) is 7.09. The molecule has 1 saturated heterocycles. The Morgan fingerprint density at radius 3 is 2.50 bits per heavy atom. The average molecular weight is 224 g/mol. The molecule has 0 spiro atoms. The van der Waals surface area contributed by atoms with Gasteiger partial charge in [0.05, 0.1) is 0 Å². The van der Waals surface area contributed by atoms with Gasteiger partial charge in [0.2, 0.25) is 0 Å². The van der Waals surface area contributed by atoms with Gasteiger partial charge in [-0.05, 0) is 57.5 Å². The van der Waals surface area contributed by atoms with E-state index in [0.717, 1.165) is 0 Å². The second-order valence-electron chi connectivity index (χ2n) is 6.26. The van der Waals surface area contributed by atoms with E-state index in [1.54, 1.807) is 0 Å². The second-order valence-corrected chi connectivity index (χ2v) is 6.26. The lowest BCUT2D eigenvalue weighted by Gasteiger charge is -2.34. The molecule has 0 aromatic carbocycles.